The number of halogens is 3. The molecule has 0 aromatic heterocycles. The molecule has 20 heavy (non-hydrogen) atoms. The van der Waals surface area contributed by atoms with Crippen LogP contribution in [0.1, 0.15) is 36.1 Å². The molecule has 2 aromatic rings. The summed E-state index contributed by atoms with van der Waals surface area (Å²) >= 11 is 2.99. The van der Waals surface area contributed by atoms with Crippen molar-refractivity contribution in [3.63, 3.8) is 0 Å². The van der Waals surface area contributed by atoms with Gasteiger partial charge in [0.1, 0.15) is 6.10 Å². The highest BCUT2D eigenvalue weighted by Gasteiger charge is 2.18. The summed E-state index contributed by atoms with van der Waals surface area (Å²) in [6.45, 7) is 2.10. The molecule has 0 saturated carbocycles. The van der Waals surface area contributed by atoms with E-state index in [9.17, 15) is 13.9 Å². The number of aliphatic hydroxyl groups is 1. The predicted molar refractivity (Wildman–Crippen MR) is 78.6 cm³/mol. The molecule has 2 aromatic carbocycles. The molecular formula is C16H15BrF2O. The SMILES string of the molecule is CCCc1ccc(C(O)c2ccc(F)c(F)c2Br)cc1. The summed E-state index contributed by atoms with van der Waals surface area (Å²) in [6, 6.07) is 9.90. The highest BCUT2D eigenvalue weighted by Crippen LogP contribution is 2.31. The fraction of sp³-hybridized carbons (Fsp3) is 0.250. The van der Waals surface area contributed by atoms with Gasteiger partial charge in [0.25, 0.3) is 0 Å². The van der Waals surface area contributed by atoms with E-state index in [4.69, 9.17) is 0 Å². The molecule has 0 aliphatic heterocycles. The smallest absolute Gasteiger partial charge is 0.173 e. The summed E-state index contributed by atoms with van der Waals surface area (Å²) in [5.74, 6) is -1.92. The third-order valence-corrected chi connectivity index (χ3v) is 4.00. The molecule has 2 rings (SSSR count). The van der Waals surface area contributed by atoms with Crippen LogP contribution in [0.4, 0.5) is 8.78 Å². The Morgan fingerprint density at radius 3 is 2.35 bits per heavy atom. The fourth-order valence-electron chi connectivity index (χ4n) is 2.09. The Balaban J connectivity index is 2.31. The largest absolute Gasteiger partial charge is 0.384 e. The van der Waals surface area contributed by atoms with Gasteiger partial charge in [-0.25, -0.2) is 8.78 Å². The zero-order valence-electron chi connectivity index (χ0n) is 11.0. The van der Waals surface area contributed by atoms with E-state index >= 15 is 0 Å². The molecule has 0 heterocycles. The van der Waals surface area contributed by atoms with Crippen molar-refractivity contribution in [3.8, 4) is 0 Å². The zero-order valence-corrected chi connectivity index (χ0v) is 12.6. The van der Waals surface area contributed by atoms with E-state index < -0.39 is 17.7 Å². The van der Waals surface area contributed by atoms with E-state index in [2.05, 4.69) is 22.9 Å². The van der Waals surface area contributed by atoms with Crippen molar-refractivity contribution < 1.29 is 13.9 Å². The van der Waals surface area contributed by atoms with Crippen LogP contribution in [0.3, 0.4) is 0 Å². The molecular weight excluding hydrogens is 326 g/mol. The molecule has 0 bridgehead atoms. The van der Waals surface area contributed by atoms with Gasteiger partial charge in [0.05, 0.1) is 4.47 Å². The van der Waals surface area contributed by atoms with E-state index in [1.807, 2.05) is 24.3 Å². The second kappa shape index (κ2) is 6.46. The lowest BCUT2D eigenvalue weighted by atomic mass is 9.99. The zero-order chi connectivity index (χ0) is 14.7. The number of hydrogen-bond acceptors (Lipinski definition) is 1. The molecule has 0 radical (unpaired) electrons. The molecule has 0 aliphatic rings. The Hall–Kier alpha value is -1.26. The van der Waals surface area contributed by atoms with Crippen molar-refractivity contribution in [1.29, 1.82) is 0 Å². The van der Waals surface area contributed by atoms with Crippen molar-refractivity contribution in [2.24, 2.45) is 0 Å². The van der Waals surface area contributed by atoms with Crippen molar-refractivity contribution >= 4 is 15.9 Å². The molecule has 0 spiro atoms. The van der Waals surface area contributed by atoms with Gasteiger partial charge < -0.3 is 5.11 Å². The summed E-state index contributed by atoms with van der Waals surface area (Å²) < 4.78 is 26.5. The summed E-state index contributed by atoms with van der Waals surface area (Å²) in [6.07, 6.45) is 1.04. The van der Waals surface area contributed by atoms with E-state index in [0.717, 1.165) is 18.9 Å². The minimum Gasteiger partial charge on any atom is -0.384 e. The Morgan fingerprint density at radius 2 is 1.75 bits per heavy atom. The van der Waals surface area contributed by atoms with Gasteiger partial charge in [-0.2, -0.15) is 0 Å². The number of benzene rings is 2. The topological polar surface area (TPSA) is 20.2 Å². The van der Waals surface area contributed by atoms with E-state index in [0.29, 0.717) is 11.1 Å². The number of aliphatic hydroxyl groups excluding tert-OH is 1. The lowest BCUT2D eigenvalue weighted by Gasteiger charge is -2.14. The van der Waals surface area contributed by atoms with Crippen molar-refractivity contribution in [2.75, 3.05) is 0 Å². The second-order valence-electron chi connectivity index (χ2n) is 4.66. The van der Waals surface area contributed by atoms with Crippen LogP contribution in [0.15, 0.2) is 40.9 Å². The first-order valence-electron chi connectivity index (χ1n) is 6.45. The standard InChI is InChI=1S/C16H15BrF2O/c1-2-3-10-4-6-11(7-5-10)16(20)12-8-9-13(18)15(19)14(12)17/h4-9,16,20H,2-3H2,1H3. The third-order valence-electron chi connectivity index (χ3n) is 3.19. The van der Waals surface area contributed by atoms with E-state index in [1.165, 1.54) is 11.6 Å². The average Bonchev–Trinajstić information content (AvgIpc) is 2.45. The first-order chi connectivity index (χ1) is 9.54. The van der Waals surface area contributed by atoms with Crippen molar-refractivity contribution in [1.82, 2.24) is 0 Å². The maximum absolute atomic E-state index is 13.5. The highest BCUT2D eigenvalue weighted by molar-refractivity contribution is 9.10. The maximum atomic E-state index is 13.5. The monoisotopic (exact) mass is 340 g/mol. The first kappa shape index (κ1) is 15.1. The Morgan fingerprint density at radius 1 is 1.10 bits per heavy atom. The average molecular weight is 341 g/mol. The fourth-order valence-corrected chi connectivity index (χ4v) is 2.63. The number of rotatable bonds is 4. The molecule has 0 fully saturated rings. The molecule has 1 nitrogen and oxygen atoms in total. The lowest BCUT2D eigenvalue weighted by molar-refractivity contribution is 0.218. The highest BCUT2D eigenvalue weighted by atomic mass is 79.9. The Labute approximate surface area is 125 Å². The molecule has 106 valence electrons. The first-order valence-corrected chi connectivity index (χ1v) is 7.24. The van der Waals surface area contributed by atoms with E-state index in [-0.39, 0.29) is 4.47 Å². The summed E-state index contributed by atoms with van der Waals surface area (Å²) in [4.78, 5) is 0. The van der Waals surface area contributed by atoms with Gasteiger partial charge in [-0.05, 0) is 39.5 Å². The maximum Gasteiger partial charge on any atom is 0.173 e. The Kier molecular flexibility index (Phi) is 4.89. The van der Waals surface area contributed by atoms with Crippen LogP contribution >= 0.6 is 15.9 Å². The van der Waals surface area contributed by atoms with Crippen LogP contribution < -0.4 is 0 Å². The molecule has 4 heteroatoms. The second-order valence-corrected chi connectivity index (χ2v) is 5.45. The number of hydrogen-bond donors (Lipinski definition) is 1. The summed E-state index contributed by atoms with van der Waals surface area (Å²) in [5, 5.41) is 10.3. The molecule has 1 unspecified atom stereocenters. The summed E-state index contributed by atoms with van der Waals surface area (Å²) in [7, 11) is 0. The predicted octanol–water partition coefficient (Wildman–Crippen LogP) is 4.76. The molecule has 0 saturated heterocycles. The number of aryl methyl sites for hydroxylation is 1. The normalized spacial score (nSPS) is 12.4. The van der Waals surface area contributed by atoms with Crippen LogP contribution in [-0.4, -0.2) is 5.11 Å². The summed E-state index contributed by atoms with van der Waals surface area (Å²) in [5.41, 5.74) is 2.15. The Bertz CT molecular complexity index is 596. The van der Waals surface area contributed by atoms with Crippen LogP contribution in [0.5, 0.6) is 0 Å². The van der Waals surface area contributed by atoms with Crippen LogP contribution in [-0.2, 0) is 6.42 Å². The van der Waals surface area contributed by atoms with Gasteiger partial charge in [0.15, 0.2) is 11.6 Å². The van der Waals surface area contributed by atoms with E-state index in [1.54, 1.807) is 0 Å². The van der Waals surface area contributed by atoms with Crippen molar-refractivity contribution in [2.45, 2.75) is 25.9 Å². The van der Waals surface area contributed by atoms with Crippen LogP contribution in [0, 0.1) is 11.6 Å². The van der Waals surface area contributed by atoms with Gasteiger partial charge in [0.2, 0.25) is 0 Å². The van der Waals surface area contributed by atoms with Gasteiger partial charge in [0, 0.05) is 5.56 Å². The quantitative estimate of drug-likeness (QED) is 0.795. The van der Waals surface area contributed by atoms with Crippen molar-refractivity contribution in [3.05, 3.63) is 69.2 Å². The van der Waals surface area contributed by atoms with Gasteiger partial charge in [-0.15, -0.1) is 0 Å². The van der Waals surface area contributed by atoms with Gasteiger partial charge in [-0.3, -0.25) is 0 Å². The van der Waals surface area contributed by atoms with Gasteiger partial charge in [-0.1, -0.05) is 43.7 Å². The minimum absolute atomic E-state index is 0.0392. The van der Waals surface area contributed by atoms with Crippen LogP contribution in [0.2, 0.25) is 0 Å². The van der Waals surface area contributed by atoms with Gasteiger partial charge >= 0.3 is 0 Å². The molecule has 1 atom stereocenters. The molecule has 0 aliphatic carbocycles. The lowest BCUT2D eigenvalue weighted by Crippen LogP contribution is -2.03. The minimum atomic E-state index is -0.991. The molecule has 1 N–H and O–H groups in total. The molecule has 0 amide bonds. The third kappa shape index (κ3) is 3.07. The van der Waals surface area contributed by atoms with Crippen LogP contribution in [0.25, 0.3) is 0 Å².